The minimum Gasteiger partial charge on any atom is -0.445 e. The highest BCUT2D eigenvalue weighted by Gasteiger charge is 2.52. The standard InChI is InChI=1S/C20H26N2O4S/c1-20(2,3)26-19(24)21-10-9-16-17(21)15(13-27)11-22(16)18(23)25-12-14-7-5-4-6-8-14/h4-8,13,15-17H,9-12H2,1-3H3/t15-,16-,17-/m1/s1. The Hall–Kier alpha value is -2.15. The highest BCUT2D eigenvalue weighted by atomic mass is 32.1. The molecule has 1 aromatic rings. The number of hydrogen-bond acceptors (Lipinski definition) is 5. The Balaban J connectivity index is 1.67. The maximum atomic E-state index is 12.6. The number of nitrogens with zero attached hydrogens (tertiary/aromatic N) is 2. The lowest BCUT2D eigenvalue weighted by Crippen LogP contribution is -2.45. The molecule has 0 spiro atoms. The van der Waals surface area contributed by atoms with Crippen molar-refractivity contribution in [3.63, 3.8) is 0 Å². The van der Waals surface area contributed by atoms with Gasteiger partial charge in [-0.25, -0.2) is 9.59 Å². The molecule has 0 N–H and O–H groups in total. The van der Waals surface area contributed by atoms with E-state index in [4.69, 9.17) is 21.7 Å². The van der Waals surface area contributed by atoms with E-state index in [0.29, 0.717) is 19.5 Å². The highest BCUT2D eigenvalue weighted by Crippen LogP contribution is 2.36. The van der Waals surface area contributed by atoms with Crippen molar-refractivity contribution in [3.05, 3.63) is 35.9 Å². The largest absolute Gasteiger partial charge is 0.445 e. The lowest BCUT2D eigenvalue weighted by atomic mass is 10.0. The zero-order valence-corrected chi connectivity index (χ0v) is 16.8. The van der Waals surface area contributed by atoms with Crippen LogP contribution < -0.4 is 0 Å². The molecule has 2 aliphatic rings. The average Bonchev–Trinajstić information content (AvgIpc) is 3.19. The zero-order valence-electron chi connectivity index (χ0n) is 16.0. The Labute approximate surface area is 165 Å². The quantitative estimate of drug-likeness (QED) is 0.738. The molecule has 0 bridgehead atoms. The zero-order chi connectivity index (χ0) is 19.6. The first kappa shape index (κ1) is 19.6. The topological polar surface area (TPSA) is 59.1 Å². The van der Waals surface area contributed by atoms with Crippen LogP contribution in [0.4, 0.5) is 9.59 Å². The number of thiocarbonyl (C=S) groups is 1. The van der Waals surface area contributed by atoms with Crippen LogP contribution in [0.5, 0.6) is 0 Å². The number of hydrogen-bond donors (Lipinski definition) is 0. The van der Waals surface area contributed by atoms with Crippen LogP contribution >= 0.6 is 12.2 Å². The van der Waals surface area contributed by atoms with Gasteiger partial charge in [-0.3, -0.25) is 0 Å². The van der Waals surface area contributed by atoms with Crippen molar-refractivity contribution < 1.29 is 19.1 Å². The van der Waals surface area contributed by atoms with E-state index < -0.39 is 5.60 Å². The summed E-state index contributed by atoms with van der Waals surface area (Å²) in [6.07, 6.45) is -0.0140. The summed E-state index contributed by atoms with van der Waals surface area (Å²) in [6.45, 7) is 6.77. The fourth-order valence-corrected chi connectivity index (χ4v) is 4.04. The second kappa shape index (κ2) is 7.84. The van der Waals surface area contributed by atoms with Crippen LogP contribution in [0, 0.1) is 5.92 Å². The Bertz CT molecular complexity index is 704. The SMILES string of the molecule is CC(C)(C)OC(=O)N1CC[C@@H]2[C@H]1[C@@H](C=S)CN2C(=O)OCc1ccccc1. The van der Waals surface area contributed by atoms with Crippen molar-refractivity contribution in [1.82, 2.24) is 9.80 Å². The number of rotatable bonds is 3. The van der Waals surface area contributed by atoms with Crippen molar-refractivity contribution in [2.75, 3.05) is 13.1 Å². The molecule has 27 heavy (non-hydrogen) atoms. The van der Waals surface area contributed by atoms with E-state index in [-0.39, 0.29) is 36.8 Å². The van der Waals surface area contributed by atoms with Crippen molar-refractivity contribution in [2.45, 2.75) is 51.5 Å². The maximum absolute atomic E-state index is 12.6. The first-order valence-electron chi connectivity index (χ1n) is 9.22. The van der Waals surface area contributed by atoms with Crippen molar-refractivity contribution >= 4 is 29.8 Å². The lowest BCUT2D eigenvalue weighted by Gasteiger charge is -2.29. The summed E-state index contributed by atoms with van der Waals surface area (Å²) in [4.78, 5) is 28.7. The minimum absolute atomic E-state index is 0.0655. The molecule has 3 atom stereocenters. The monoisotopic (exact) mass is 390 g/mol. The number of likely N-dealkylation sites (tertiary alicyclic amines) is 2. The molecule has 2 saturated heterocycles. The van der Waals surface area contributed by atoms with E-state index in [0.717, 1.165) is 5.56 Å². The van der Waals surface area contributed by atoms with Gasteiger partial charge < -0.3 is 19.3 Å². The minimum atomic E-state index is -0.560. The van der Waals surface area contributed by atoms with Gasteiger partial charge in [0.25, 0.3) is 0 Å². The fourth-order valence-electron chi connectivity index (χ4n) is 3.80. The Morgan fingerprint density at radius 2 is 1.89 bits per heavy atom. The lowest BCUT2D eigenvalue weighted by molar-refractivity contribution is 0.0208. The predicted octanol–water partition coefficient (Wildman–Crippen LogP) is 3.63. The van der Waals surface area contributed by atoms with Crippen molar-refractivity contribution in [1.29, 1.82) is 0 Å². The molecular formula is C20H26N2O4S. The molecule has 0 radical (unpaired) electrons. The third-order valence-electron chi connectivity index (χ3n) is 4.91. The third kappa shape index (κ3) is 4.40. The van der Waals surface area contributed by atoms with E-state index >= 15 is 0 Å². The molecule has 0 aromatic heterocycles. The Kier molecular flexibility index (Phi) is 5.69. The predicted molar refractivity (Wildman–Crippen MR) is 106 cm³/mol. The normalized spacial score (nSPS) is 24.5. The van der Waals surface area contributed by atoms with Crippen LogP contribution in [0.15, 0.2) is 30.3 Å². The van der Waals surface area contributed by atoms with Crippen molar-refractivity contribution in [3.8, 4) is 0 Å². The Morgan fingerprint density at radius 1 is 1.19 bits per heavy atom. The number of ether oxygens (including phenoxy) is 2. The van der Waals surface area contributed by atoms with Gasteiger partial charge >= 0.3 is 12.2 Å². The second-order valence-electron chi connectivity index (χ2n) is 8.01. The number of carbonyl (C=O) groups excluding carboxylic acids is 2. The summed E-state index contributed by atoms with van der Waals surface area (Å²) in [7, 11) is 0. The van der Waals surface area contributed by atoms with E-state index in [9.17, 15) is 9.59 Å². The summed E-state index contributed by atoms with van der Waals surface area (Å²) in [6, 6.07) is 9.33. The first-order chi connectivity index (χ1) is 12.8. The van der Waals surface area contributed by atoms with Gasteiger partial charge in [-0.2, -0.15) is 0 Å². The van der Waals surface area contributed by atoms with Gasteiger partial charge in [-0.15, -0.1) is 0 Å². The van der Waals surface area contributed by atoms with Gasteiger partial charge in [0, 0.05) is 19.0 Å². The van der Waals surface area contributed by atoms with Gasteiger partial charge in [-0.1, -0.05) is 42.5 Å². The van der Waals surface area contributed by atoms with Crippen molar-refractivity contribution in [2.24, 2.45) is 5.92 Å². The maximum Gasteiger partial charge on any atom is 0.410 e. The molecule has 1 aromatic carbocycles. The summed E-state index contributed by atoms with van der Waals surface area (Å²) < 4.78 is 11.0. The number of carbonyl (C=O) groups is 2. The highest BCUT2D eigenvalue weighted by molar-refractivity contribution is 7.79. The molecule has 2 fully saturated rings. The van der Waals surface area contributed by atoms with Crippen LogP contribution in [0.2, 0.25) is 0 Å². The number of fused-ring (bicyclic) bond motifs is 1. The van der Waals surface area contributed by atoms with Crippen LogP contribution in [0.1, 0.15) is 32.8 Å². The number of benzene rings is 1. The van der Waals surface area contributed by atoms with Gasteiger partial charge in [0.2, 0.25) is 0 Å². The molecule has 6 nitrogen and oxygen atoms in total. The fraction of sp³-hybridized carbons (Fsp3) is 0.550. The molecule has 2 heterocycles. The molecule has 3 rings (SSSR count). The smallest absolute Gasteiger partial charge is 0.410 e. The average molecular weight is 391 g/mol. The molecule has 2 aliphatic heterocycles. The van der Waals surface area contributed by atoms with E-state index in [1.165, 1.54) is 0 Å². The van der Waals surface area contributed by atoms with Gasteiger partial charge in [-0.05, 0) is 38.1 Å². The van der Waals surface area contributed by atoms with E-state index in [1.54, 1.807) is 15.2 Å². The first-order valence-corrected chi connectivity index (χ1v) is 9.69. The molecular weight excluding hydrogens is 364 g/mol. The molecule has 7 heteroatoms. The van der Waals surface area contributed by atoms with E-state index in [1.807, 2.05) is 51.1 Å². The molecule has 0 aliphatic carbocycles. The van der Waals surface area contributed by atoms with Gasteiger partial charge in [0.05, 0.1) is 12.1 Å². The molecule has 146 valence electrons. The molecule has 0 saturated carbocycles. The third-order valence-corrected chi connectivity index (χ3v) is 5.26. The number of amides is 2. The second-order valence-corrected chi connectivity index (χ2v) is 8.28. The molecule has 0 unspecified atom stereocenters. The van der Waals surface area contributed by atoms with Crippen LogP contribution in [0.25, 0.3) is 0 Å². The van der Waals surface area contributed by atoms with Crippen LogP contribution in [-0.2, 0) is 16.1 Å². The van der Waals surface area contributed by atoms with Crippen LogP contribution in [-0.4, -0.2) is 58.1 Å². The molecule has 2 amide bonds. The summed E-state index contributed by atoms with van der Waals surface area (Å²) in [5.41, 5.74) is 0.379. The van der Waals surface area contributed by atoms with Gasteiger partial charge in [0.15, 0.2) is 0 Å². The van der Waals surface area contributed by atoms with Gasteiger partial charge in [0.1, 0.15) is 12.2 Å². The summed E-state index contributed by atoms with van der Waals surface area (Å²) in [5.74, 6) is -0.0655. The van der Waals surface area contributed by atoms with Crippen LogP contribution in [0.3, 0.4) is 0 Å². The summed E-state index contributed by atoms with van der Waals surface area (Å²) in [5, 5.41) is 1.66. The van der Waals surface area contributed by atoms with E-state index in [2.05, 4.69) is 0 Å². The Morgan fingerprint density at radius 3 is 2.52 bits per heavy atom. The summed E-state index contributed by atoms with van der Waals surface area (Å²) >= 11 is 5.18.